The Morgan fingerprint density at radius 3 is 3.12 bits per heavy atom. The molecule has 0 saturated carbocycles. The van der Waals surface area contributed by atoms with E-state index >= 15 is 0 Å². The first-order valence-electron chi connectivity index (χ1n) is 7.84. The molecule has 8 nitrogen and oxygen atoms in total. The Morgan fingerprint density at radius 2 is 2.38 bits per heavy atom. The summed E-state index contributed by atoms with van der Waals surface area (Å²) in [7, 11) is 0. The second kappa shape index (κ2) is 6.16. The molecule has 1 aliphatic heterocycles. The minimum atomic E-state index is 0.0348. The van der Waals surface area contributed by atoms with Crippen LogP contribution in [0.4, 0.5) is 0 Å². The molecule has 1 N–H and O–H groups in total. The van der Waals surface area contributed by atoms with Crippen molar-refractivity contribution >= 4 is 17.2 Å². The summed E-state index contributed by atoms with van der Waals surface area (Å²) in [6.07, 6.45) is 7.18. The first kappa shape index (κ1) is 15.0. The Bertz CT molecular complexity index is 824. The molecule has 4 rings (SSSR count). The van der Waals surface area contributed by atoms with E-state index in [0.717, 1.165) is 25.1 Å². The topological polar surface area (TPSA) is 92.6 Å². The Labute approximate surface area is 142 Å². The van der Waals surface area contributed by atoms with Gasteiger partial charge in [-0.2, -0.15) is 10.2 Å². The molecule has 1 atom stereocenters. The Balaban J connectivity index is 1.55. The van der Waals surface area contributed by atoms with Crippen LogP contribution in [0.5, 0.6) is 0 Å². The summed E-state index contributed by atoms with van der Waals surface area (Å²) in [4.78, 5) is 24.1. The average molecular weight is 343 g/mol. The number of hydrogen-bond donors (Lipinski definition) is 1. The highest BCUT2D eigenvalue weighted by Gasteiger charge is 2.28. The second-order valence-corrected chi connectivity index (χ2v) is 6.80. The van der Waals surface area contributed by atoms with Crippen LogP contribution in [-0.2, 0) is 0 Å². The molecule has 1 unspecified atom stereocenters. The Hall–Kier alpha value is -2.55. The van der Waals surface area contributed by atoms with Crippen molar-refractivity contribution in [3.63, 3.8) is 0 Å². The van der Waals surface area contributed by atoms with Crippen LogP contribution in [-0.4, -0.2) is 53.8 Å². The van der Waals surface area contributed by atoms with Crippen molar-refractivity contribution < 1.29 is 4.79 Å². The number of aromatic amines is 1. The number of nitrogens with one attached hydrogen (secondary N) is 1. The SMILES string of the molecule is Cc1nc(-c2ncn[nH]2)sc1C(=O)N1CCCC(n2cccn2)C1. The summed E-state index contributed by atoms with van der Waals surface area (Å²) < 4.78 is 1.94. The lowest BCUT2D eigenvalue weighted by Gasteiger charge is -2.32. The van der Waals surface area contributed by atoms with Crippen molar-refractivity contribution in [2.24, 2.45) is 0 Å². The van der Waals surface area contributed by atoms with Crippen LogP contribution < -0.4 is 0 Å². The molecule has 24 heavy (non-hydrogen) atoms. The molecule has 0 bridgehead atoms. The summed E-state index contributed by atoms with van der Waals surface area (Å²) >= 11 is 1.36. The smallest absolute Gasteiger partial charge is 0.265 e. The molecule has 1 fully saturated rings. The highest BCUT2D eigenvalue weighted by atomic mass is 32.1. The first-order valence-corrected chi connectivity index (χ1v) is 8.65. The molecule has 4 heterocycles. The molecule has 0 aromatic carbocycles. The fourth-order valence-electron chi connectivity index (χ4n) is 3.00. The van der Waals surface area contributed by atoms with E-state index in [4.69, 9.17) is 0 Å². The number of likely N-dealkylation sites (tertiary alicyclic amines) is 1. The molecule has 3 aromatic rings. The van der Waals surface area contributed by atoms with E-state index in [9.17, 15) is 4.79 Å². The Morgan fingerprint density at radius 1 is 1.46 bits per heavy atom. The maximum absolute atomic E-state index is 12.9. The highest BCUT2D eigenvalue weighted by molar-refractivity contribution is 7.17. The third kappa shape index (κ3) is 2.71. The van der Waals surface area contributed by atoms with Crippen molar-refractivity contribution in [1.29, 1.82) is 0 Å². The summed E-state index contributed by atoms with van der Waals surface area (Å²) in [6, 6.07) is 2.15. The van der Waals surface area contributed by atoms with Gasteiger partial charge in [0.25, 0.3) is 5.91 Å². The van der Waals surface area contributed by atoms with Crippen molar-refractivity contribution in [1.82, 2.24) is 34.8 Å². The fourth-order valence-corrected chi connectivity index (χ4v) is 3.98. The minimum Gasteiger partial charge on any atom is -0.336 e. The van der Waals surface area contributed by atoms with Gasteiger partial charge in [-0.15, -0.1) is 11.3 Å². The zero-order valence-corrected chi connectivity index (χ0v) is 14.0. The number of carbonyl (C=O) groups excluding carboxylic acids is 1. The lowest BCUT2D eigenvalue weighted by Crippen LogP contribution is -2.40. The van der Waals surface area contributed by atoms with E-state index in [1.807, 2.05) is 28.8 Å². The van der Waals surface area contributed by atoms with Gasteiger partial charge in [0.1, 0.15) is 11.2 Å². The van der Waals surface area contributed by atoms with Gasteiger partial charge in [-0.1, -0.05) is 0 Å². The van der Waals surface area contributed by atoms with E-state index in [1.54, 1.807) is 6.20 Å². The largest absolute Gasteiger partial charge is 0.336 e. The molecule has 0 radical (unpaired) electrons. The number of nitrogens with zero attached hydrogens (tertiary/aromatic N) is 6. The molecule has 0 spiro atoms. The van der Waals surface area contributed by atoms with Crippen molar-refractivity contribution in [2.45, 2.75) is 25.8 Å². The van der Waals surface area contributed by atoms with Gasteiger partial charge >= 0.3 is 0 Å². The van der Waals surface area contributed by atoms with Crippen molar-refractivity contribution in [3.8, 4) is 10.8 Å². The van der Waals surface area contributed by atoms with E-state index in [0.29, 0.717) is 22.3 Å². The van der Waals surface area contributed by atoms with Crippen molar-refractivity contribution in [2.75, 3.05) is 13.1 Å². The molecule has 3 aromatic heterocycles. The van der Waals surface area contributed by atoms with Crippen LogP contribution in [0.1, 0.15) is 34.2 Å². The summed E-state index contributed by atoms with van der Waals surface area (Å²) in [5.41, 5.74) is 0.734. The third-order valence-corrected chi connectivity index (χ3v) is 5.34. The molecule has 1 amide bonds. The van der Waals surface area contributed by atoms with Gasteiger partial charge in [-0.05, 0) is 25.8 Å². The van der Waals surface area contributed by atoms with E-state index in [2.05, 4.69) is 25.3 Å². The zero-order chi connectivity index (χ0) is 16.5. The highest BCUT2D eigenvalue weighted by Crippen LogP contribution is 2.28. The lowest BCUT2D eigenvalue weighted by molar-refractivity contribution is 0.0677. The number of hydrogen-bond acceptors (Lipinski definition) is 6. The maximum atomic E-state index is 12.9. The van der Waals surface area contributed by atoms with Gasteiger partial charge < -0.3 is 4.90 Å². The van der Waals surface area contributed by atoms with Gasteiger partial charge in [0.2, 0.25) is 0 Å². The number of aromatic nitrogens is 6. The molecular weight excluding hydrogens is 326 g/mol. The van der Waals surface area contributed by atoms with Gasteiger partial charge in [-0.25, -0.2) is 9.97 Å². The Kier molecular flexibility index (Phi) is 3.85. The monoisotopic (exact) mass is 343 g/mol. The predicted molar refractivity (Wildman–Crippen MR) is 88.6 cm³/mol. The maximum Gasteiger partial charge on any atom is 0.265 e. The minimum absolute atomic E-state index is 0.0348. The first-order chi connectivity index (χ1) is 11.7. The number of piperidine rings is 1. The van der Waals surface area contributed by atoms with Gasteiger partial charge in [0.15, 0.2) is 10.8 Å². The van der Waals surface area contributed by atoms with E-state index in [1.165, 1.54) is 17.7 Å². The van der Waals surface area contributed by atoms with Crippen LogP contribution >= 0.6 is 11.3 Å². The quantitative estimate of drug-likeness (QED) is 0.784. The number of amides is 1. The summed E-state index contributed by atoms with van der Waals surface area (Å²) in [5, 5.41) is 11.6. The van der Waals surface area contributed by atoms with E-state index in [-0.39, 0.29) is 11.9 Å². The molecule has 9 heteroatoms. The normalized spacial score (nSPS) is 18.0. The summed E-state index contributed by atoms with van der Waals surface area (Å²) in [5.74, 6) is 0.628. The molecular formula is C15H17N7OS. The second-order valence-electron chi connectivity index (χ2n) is 5.80. The number of H-pyrrole nitrogens is 1. The van der Waals surface area contributed by atoms with Gasteiger partial charge in [0, 0.05) is 25.5 Å². The fraction of sp³-hybridized carbons (Fsp3) is 0.400. The van der Waals surface area contributed by atoms with Crippen molar-refractivity contribution in [3.05, 3.63) is 35.4 Å². The van der Waals surface area contributed by atoms with Gasteiger partial charge in [-0.3, -0.25) is 14.6 Å². The lowest BCUT2D eigenvalue weighted by atomic mass is 10.1. The van der Waals surface area contributed by atoms with Gasteiger partial charge in [0.05, 0.1) is 11.7 Å². The number of rotatable bonds is 3. The number of aryl methyl sites for hydroxylation is 1. The molecule has 1 saturated heterocycles. The van der Waals surface area contributed by atoms with E-state index < -0.39 is 0 Å². The number of thiazole rings is 1. The molecule has 0 aliphatic carbocycles. The average Bonchev–Trinajstić information content (AvgIpc) is 3.35. The summed E-state index contributed by atoms with van der Waals surface area (Å²) in [6.45, 7) is 3.31. The predicted octanol–water partition coefficient (Wildman–Crippen LogP) is 1.91. The van der Waals surface area contributed by atoms with Crippen LogP contribution in [0.25, 0.3) is 10.8 Å². The molecule has 1 aliphatic rings. The number of carbonyl (C=O) groups is 1. The van der Waals surface area contributed by atoms with Crippen LogP contribution in [0.3, 0.4) is 0 Å². The standard InChI is InChI=1S/C15H17N7OS/c1-10-12(24-14(19-10)13-16-9-17-20-13)15(23)21-6-2-4-11(8-21)22-7-3-5-18-22/h3,5,7,9,11H,2,4,6,8H2,1H3,(H,16,17,20). The van der Waals surface area contributed by atoms with Crippen LogP contribution in [0.2, 0.25) is 0 Å². The van der Waals surface area contributed by atoms with Crippen LogP contribution in [0, 0.1) is 6.92 Å². The third-order valence-electron chi connectivity index (χ3n) is 4.19. The van der Waals surface area contributed by atoms with Crippen LogP contribution in [0.15, 0.2) is 24.8 Å². The zero-order valence-electron chi connectivity index (χ0n) is 13.2. The molecule has 124 valence electrons.